The van der Waals surface area contributed by atoms with Crippen LogP contribution < -0.4 is 5.32 Å². The Balaban J connectivity index is 2.12. The van der Waals surface area contributed by atoms with Crippen molar-refractivity contribution in [3.63, 3.8) is 0 Å². The fourth-order valence-electron chi connectivity index (χ4n) is 2.57. The summed E-state index contributed by atoms with van der Waals surface area (Å²) in [5.41, 5.74) is 0. The van der Waals surface area contributed by atoms with Crippen molar-refractivity contribution < 1.29 is 17.6 Å². The standard InChI is InChI=1S/C15H20FNO3S/c1-11(15(18)17-12-7-3-2-4-8-12)21(19,20)14-10-6-5-9-13(14)16/h5-6,9-12H,2-4,7-8H2,1H3,(H,17,18). The van der Waals surface area contributed by atoms with Crippen molar-refractivity contribution in [1.82, 2.24) is 5.32 Å². The van der Waals surface area contributed by atoms with Crippen LogP contribution in [0.1, 0.15) is 39.0 Å². The highest BCUT2D eigenvalue weighted by atomic mass is 32.2. The van der Waals surface area contributed by atoms with Crippen molar-refractivity contribution in [2.45, 2.75) is 55.2 Å². The van der Waals surface area contributed by atoms with E-state index >= 15 is 0 Å². The Bertz CT molecular complexity index is 609. The van der Waals surface area contributed by atoms with Crippen LogP contribution in [0.15, 0.2) is 29.2 Å². The van der Waals surface area contributed by atoms with Gasteiger partial charge < -0.3 is 5.32 Å². The molecule has 1 aromatic carbocycles. The Labute approximate surface area is 124 Å². The average molecular weight is 313 g/mol. The minimum atomic E-state index is -4.01. The van der Waals surface area contributed by atoms with Gasteiger partial charge in [-0.1, -0.05) is 31.4 Å². The highest BCUT2D eigenvalue weighted by Gasteiger charge is 2.32. The summed E-state index contributed by atoms with van der Waals surface area (Å²) >= 11 is 0. The summed E-state index contributed by atoms with van der Waals surface area (Å²) in [6.45, 7) is 1.31. The lowest BCUT2D eigenvalue weighted by atomic mass is 9.95. The molecule has 21 heavy (non-hydrogen) atoms. The van der Waals surface area contributed by atoms with E-state index in [1.54, 1.807) is 0 Å². The number of amides is 1. The van der Waals surface area contributed by atoms with E-state index in [-0.39, 0.29) is 6.04 Å². The van der Waals surface area contributed by atoms with Gasteiger partial charge in [0.15, 0.2) is 9.84 Å². The molecule has 1 fully saturated rings. The Morgan fingerprint density at radius 2 is 1.86 bits per heavy atom. The molecule has 1 unspecified atom stereocenters. The van der Waals surface area contributed by atoms with Gasteiger partial charge in [-0.05, 0) is 31.9 Å². The highest BCUT2D eigenvalue weighted by molar-refractivity contribution is 7.92. The van der Waals surface area contributed by atoms with E-state index in [1.165, 1.54) is 25.1 Å². The van der Waals surface area contributed by atoms with Crippen molar-refractivity contribution in [2.24, 2.45) is 0 Å². The summed E-state index contributed by atoms with van der Waals surface area (Å²) in [5.74, 6) is -1.38. The summed E-state index contributed by atoms with van der Waals surface area (Å²) in [4.78, 5) is 11.7. The van der Waals surface area contributed by atoms with Gasteiger partial charge >= 0.3 is 0 Å². The fraction of sp³-hybridized carbons (Fsp3) is 0.533. The quantitative estimate of drug-likeness (QED) is 0.928. The lowest BCUT2D eigenvalue weighted by Crippen LogP contribution is -2.44. The first kappa shape index (κ1) is 15.9. The number of carbonyl (C=O) groups excluding carboxylic acids is 1. The largest absolute Gasteiger partial charge is 0.352 e. The summed E-state index contributed by atoms with van der Waals surface area (Å²) in [7, 11) is -4.01. The zero-order valence-electron chi connectivity index (χ0n) is 12.0. The first-order valence-corrected chi connectivity index (χ1v) is 8.76. The molecule has 0 radical (unpaired) electrons. The molecule has 116 valence electrons. The van der Waals surface area contributed by atoms with Gasteiger partial charge in [-0.3, -0.25) is 4.79 Å². The van der Waals surface area contributed by atoms with Gasteiger partial charge in [0.05, 0.1) is 0 Å². The number of halogens is 1. The maximum Gasteiger partial charge on any atom is 0.238 e. The van der Waals surface area contributed by atoms with Crippen LogP contribution in [0, 0.1) is 5.82 Å². The lowest BCUT2D eigenvalue weighted by molar-refractivity contribution is -0.121. The van der Waals surface area contributed by atoms with Gasteiger partial charge in [0.2, 0.25) is 5.91 Å². The normalized spacial score (nSPS) is 18.2. The molecule has 1 aliphatic rings. The molecule has 1 aliphatic carbocycles. The zero-order valence-corrected chi connectivity index (χ0v) is 12.8. The molecule has 0 spiro atoms. The van der Waals surface area contributed by atoms with E-state index < -0.39 is 31.7 Å². The summed E-state index contributed by atoms with van der Waals surface area (Å²) < 4.78 is 38.3. The van der Waals surface area contributed by atoms with E-state index in [0.717, 1.165) is 38.2 Å². The maximum atomic E-state index is 13.7. The van der Waals surface area contributed by atoms with Crippen LogP contribution in [-0.4, -0.2) is 25.6 Å². The SMILES string of the molecule is CC(C(=O)NC1CCCCC1)S(=O)(=O)c1ccccc1F. The Hall–Kier alpha value is -1.43. The third-order valence-corrected chi connectivity index (χ3v) is 6.02. The molecule has 1 aromatic rings. The van der Waals surface area contributed by atoms with Gasteiger partial charge in [0.1, 0.15) is 16.0 Å². The Morgan fingerprint density at radius 3 is 2.48 bits per heavy atom. The molecule has 1 atom stereocenters. The molecule has 0 saturated heterocycles. The van der Waals surface area contributed by atoms with Crippen LogP contribution in [-0.2, 0) is 14.6 Å². The van der Waals surface area contributed by atoms with Crippen molar-refractivity contribution in [3.8, 4) is 0 Å². The summed E-state index contributed by atoms with van der Waals surface area (Å²) in [6.07, 6.45) is 4.98. The molecular formula is C15H20FNO3S. The van der Waals surface area contributed by atoms with Crippen molar-refractivity contribution in [1.29, 1.82) is 0 Å². The second kappa shape index (κ2) is 6.56. The third-order valence-electron chi connectivity index (χ3n) is 3.93. The van der Waals surface area contributed by atoms with Crippen LogP contribution in [0.2, 0.25) is 0 Å². The predicted molar refractivity (Wildman–Crippen MR) is 78.1 cm³/mol. The number of carbonyl (C=O) groups is 1. The minimum absolute atomic E-state index is 0.0320. The van der Waals surface area contributed by atoms with Crippen LogP contribution in [0.25, 0.3) is 0 Å². The maximum absolute atomic E-state index is 13.7. The molecule has 2 rings (SSSR count). The number of hydrogen-bond donors (Lipinski definition) is 1. The van der Waals surface area contributed by atoms with Crippen LogP contribution >= 0.6 is 0 Å². The van der Waals surface area contributed by atoms with E-state index in [9.17, 15) is 17.6 Å². The van der Waals surface area contributed by atoms with E-state index in [4.69, 9.17) is 0 Å². The van der Waals surface area contributed by atoms with E-state index in [2.05, 4.69) is 5.32 Å². The zero-order chi connectivity index (χ0) is 15.5. The fourth-order valence-corrected chi connectivity index (χ4v) is 3.91. The van der Waals surface area contributed by atoms with Crippen LogP contribution in [0.5, 0.6) is 0 Å². The highest BCUT2D eigenvalue weighted by Crippen LogP contribution is 2.21. The van der Waals surface area contributed by atoms with E-state index in [1.807, 2.05) is 0 Å². The molecule has 0 aromatic heterocycles. The molecule has 0 heterocycles. The van der Waals surface area contributed by atoms with E-state index in [0.29, 0.717) is 0 Å². The second-order valence-corrected chi connectivity index (χ2v) is 7.70. The molecule has 1 saturated carbocycles. The third kappa shape index (κ3) is 3.61. The van der Waals surface area contributed by atoms with Gasteiger partial charge in [-0.2, -0.15) is 0 Å². The van der Waals surface area contributed by atoms with Gasteiger partial charge in [-0.15, -0.1) is 0 Å². The number of nitrogens with one attached hydrogen (secondary N) is 1. The van der Waals surface area contributed by atoms with Crippen molar-refractivity contribution in [2.75, 3.05) is 0 Å². The Kier molecular flexibility index (Phi) is 4.98. The molecule has 0 bridgehead atoms. The number of rotatable bonds is 4. The number of benzene rings is 1. The van der Waals surface area contributed by atoms with Gasteiger partial charge in [-0.25, -0.2) is 12.8 Å². The molecule has 0 aliphatic heterocycles. The predicted octanol–water partition coefficient (Wildman–Crippen LogP) is 2.44. The van der Waals surface area contributed by atoms with Crippen molar-refractivity contribution in [3.05, 3.63) is 30.1 Å². The first-order valence-electron chi connectivity index (χ1n) is 7.21. The van der Waals surface area contributed by atoms with Crippen molar-refractivity contribution >= 4 is 15.7 Å². The van der Waals surface area contributed by atoms with Crippen LogP contribution in [0.4, 0.5) is 4.39 Å². The topological polar surface area (TPSA) is 63.2 Å². The smallest absolute Gasteiger partial charge is 0.238 e. The lowest BCUT2D eigenvalue weighted by Gasteiger charge is -2.24. The molecule has 1 N–H and O–H groups in total. The molecule has 6 heteroatoms. The van der Waals surface area contributed by atoms with Gasteiger partial charge in [0, 0.05) is 6.04 Å². The monoisotopic (exact) mass is 313 g/mol. The summed E-state index contributed by atoms with van der Waals surface area (Å²) in [5, 5.41) is 1.48. The molecular weight excluding hydrogens is 293 g/mol. The number of sulfone groups is 1. The summed E-state index contributed by atoms with van der Waals surface area (Å²) in [6, 6.07) is 5.17. The van der Waals surface area contributed by atoms with Crippen LogP contribution in [0.3, 0.4) is 0 Å². The Morgan fingerprint density at radius 1 is 1.24 bits per heavy atom. The number of hydrogen-bond acceptors (Lipinski definition) is 3. The van der Waals surface area contributed by atoms with Gasteiger partial charge in [0.25, 0.3) is 0 Å². The average Bonchev–Trinajstić information content (AvgIpc) is 2.47. The minimum Gasteiger partial charge on any atom is -0.352 e. The first-order chi connectivity index (χ1) is 9.93. The molecule has 4 nitrogen and oxygen atoms in total. The second-order valence-electron chi connectivity index (χ2n) is 5.46. The molecule has 1 amide bonds.